The molecular weight excluding hydrogens is 400 g/mol. The molecule has 0 aromatic carbocycles. The lowest BCUT2D eigenvalue weighted by atomic mass is 10.1. The van der Waals surface area contributed by atoms with E-state index in [2.05, 4.69) is 26.0 Å². The molecule has 0 bridgehead atoms. The molecule has 0 aliphatic heterocycles. The molecule has 0 spiro atoms. The van der Waals surface area contributed by atoms with E-state index in [-0.39, 0.29) is 12.6 Å². The summed E-state index contributed by atoms with van der Waals surface area (Å²) in [4.78, 5) is 12.0. The number of esters is 1. The van der Waals surface area contributed by atoms with Gasteiger partial charge in [0.1, 0.15) is 6.10 Å². The van der Waals surface area contributed by atoms with E-state index in [1.54, 1.807) is 0 Å². The molecule has 1 atom stereocenters. The van der Waals surface area contributed by atoms with E-state index in [9.17, 15) is 9.90 Å². The maximum atomic E-state index is 12.0. The predicted octanol–water partition coefficient (Wildman–Crippen LogP) is 7.92. The van der Waals surface area contributed by atoms with Crippen LogP contribution < -0.4 is 0 Å². The summed E-state index contributed by atoms with van der Waals surface area (Å²) in [5.41, 5.74) is 0. The normalized spacial score (nSPS) is 12.5. The molecule has 1 N–H and O–H groups in total. The lowest BCUT2D eigenvalue weighted by Crippen LogP contribution is -2.27. The molecule has 0 saturated heterocycles. The summed E-state index contributed by atoms with van der Waals surface area (Å²) >= 11 is 0. The number of carbonyl (C=O) groups excluding carboxylic acids is 1. The molecule has 0 amide bonds. The van der Waals surface area contributed by atoms with Crippen molar-refractivity contribution in [1.82, 2.24) is 0 Å². The van der Waals surface area contributed by atoms with Crippen LogP contribution in [0.3, 0.4) is 0 Å². The van der Waals surface area contributed by atoms with Crippen molar-refractivity contribution in [3.63, 3.8) is 0 Å². The first-order valence-electron chi connectivity index (χ1n) is 13.8. The van der Waals surface area contributed by atoms with Crippen molar-refractivity contribution >= 4 is 5.97 Å². The van der Waals surface area contributed by atoms with Gasteiger partial charge in [-0.15, -0.1) is 0 Å². The number of rotatable bonds is 25. The molecule has 190 valence electrons. The second-order valence-electron chi connectivity index (χ2n) is 9.12. The summed E-state index contributed by atoms with van der Waals surface area (Å²) < 4.78 is 11.0. The average Bonchev–Trinajstić information content (AvgIpc) is 2.80. The maximum absolute atomic E-state index is 12.0. The minimum atomic E-state index is -0.527. The third-order valence-corrected chi connectivity index (χ3v) is 5.84. The SMILES string of the molecule is CCCC/C=C\CCCCCCCC(=O)OC(CO)COCCCCCCCCCCC. The van der Waals surface area contributed by atoms with Crippen LogP contribution in [0.15, 0.2) is 12.2 Å². The average molecular weight is 455 g/mol. The Balaban J connectivity index is 3.48. The fourth-order valence-electron chi connectivity index (χ4n) is 3.72. The van der Waals surface area contributed by atoms with Crippen molar-refractivity contribution in [3.05, 3.63) is 12.2 Å². The Bertz CT molecular complexity index is 408. The van der Waals surface area contributed by atoms with Gasteiger partial charge >= 0.3 is 5.97 Å². The van der Waals surface area contributed by atoms with E-state index in [0.29, 0.717) is 19.6 Å². The quantitative estimate of drug-likeness (QED) is 0.0864. The van der Waals surface area contributed by atoms with Crippen molar-refractivity contribution in [2.45, 2.75) is 142 Å². The van der Waals surface area contributed by atoms with Crippen LogP contribution in [0.25, 0.3) is 0 Å². The lowest BCUT2D eigenvalue weighted by Gasteiger charge is -2.15. The highest BCUT2D eigenvalue weighted by Crippen LogP contribution is 2.11. The van der Waals surface area contributed by atoms with Gasteiger partial charge in [0, 0.05) is 13.0 Å². The number of allylic oxidation sites excluding steroid dienone is 2. The van der Waals surface area contributed by atoms with Crippen LogP contribution in [0.1, 0.15) is 136 Å². The molecule has 0 aromatic rings. The van der Waals surface area contributed by atoms with Crippen molar-refractivity contribution < 1.29 is 19.4 Å². The van der Waals surface area contributed by atoms with E-state index in [1.165, 1.54) is 96.3 Å². The largest absolute Gasteiger partial charge is 0.457 e. The molecule has 32 heavy (non-hydrogen) atoms. The second kappa shape index (κ2) is 26.4. The Morgan fingerprint density at radius 3 is 1.88 bits per heavy atom. The highest BCUT2D eigenvalue weighted by atomic mass is 16.6. The monoisotopic (exact) mass is 454 g/mol. The van der Waals surface area contributed by atoms with Gasteiger partial charge in [-0.3, -0.25) is 4.79 Å². The number of hydrogen-bond donors (Lipinski definition) is 1. The predicted molar refractivity (Wildman–Crippen MR) is 136 cm³/mol. The van der Waals surface area contributed by atoms with Crippen LogP contribution in [-0.2, 0) is 14.3 Å². The van der Waals surface area contributed by atoms with Gasteiger partial charge in [-0.1, -0.05) is 109 Å². The second-order valence-corrected chi connectivity index (χ2v) is 9.12. The van der Waals surface area contributed by atoms with Crippen molar-refractivity contribution in [3.8, 4) is 0 Å². The minimum absolute atomic E-state index is 0.171. The van der Waals surface area contributed by atoms with Crippen molar-refractivity contribution in [2.75, 3.05) is 19.8 Å². The van der Waals surface area contributed by atoms with E-state index in [4.69, 9.17) is 9.47 Å². The lowest BCUT2D eigenvalue weighted by molar-refractivity contribution is -0.154. The highest BCUT2D eigenvalue weighted by molar-refractivity contribution is 5.69. The van der Waals surface area contributed by atoms with Gasteiger partial charge in [0.2, 0.25) is 0 Å². The fraction of sp³-hybridized carbons (Fsp3) is 0.893. The van der Waals surface area contributed by atoms with Gasteiger partial charge < -0.3 is 14.6 Å². The standard InChI is InChI=1S/C28H54O4/c1-3-5-7-9-11-13-14-15-17-19-21-23-28(30)32-27(25-29)26-31-24-22-20-18-16-12-10-8-6-4-2/h9,11,27,29H,3-8,10,12-26H2,1-2H3/b11-9-. The third kappa shape index (κ3) is 23.8. The zero-order valence-corrected chi connectivity index (χ0v) is 21.5. The molecule has 0 aliphatic carbocycles. The van der Waals surface area contributed by atoms with E-state index >= 15 is 0 Å². The van der Waals surface area contributed by atoms with E-state index < -0.39 is 6.10 Å². The molecule has 4 nitrogen and oxygen atoms in total. The van der Waals surface area contributed by atoms with Crippen molar-refractivity contribution in [1.29, 1.82) is 0 Å². The van der Waals surface area contributed by atoms with Crippen LogP contribution in [0.2, 0.25) is 0 Å². The Labute approximate surface area is 199 Å². The Hall–Kier alpha value is -0.870. The van der Waals surface area contributed by atoms with Gasteiger partial charge in [-0.25, -0.2) is 0 Å². The van der Waals surface area contributed by atoms with E-state index in [1.807, 2.05) is 0 Å². The topological polar surface area (TPSA) is 55.8 Å². The number of unbranched alkanes of at least 4 members (excludes halogenated alkanes) is 15. The van der Waals surface area contributed by atoms with Gasteiger partial charge in [0.25, 0.3) is 0 Å². The molecule has 1 unspecified atom stereocenters. The van der Waals surface area contributed by atoms with Crippen LogP contribution in [-0.4, -0.2) is 37.0 Å². The first-order valence-corrected chi connectivity index (χ1v) is 13.8. The molecule has 0 fully saturated rings. The summed E-state index contributed by atoms with van der Waals surface area (Å²) in [5, 5.41) is 9.43. The number of carbonyl (C=O) groups is 1. The molecule has 0 rings (SSSR count). The fourth-order valence-corrected chi connectivity index (χ4v) is 3.72. The molecule has 0 aliphatic rings. The van der Waals surface area contributed by atoms with Crippen LogP contribution in [0, 0.1) is 0 Å². The molecule has 0 heterocycles. The zero-order valence-electron chi connectivity index (χ0n) is 21.5. The van der Waals surface area contributed by atoms with Gasteiger partial charge in [-0.05, 0) is 32.1 Å². The molecule has 0 aromatic heterocycles. The molecule has 4 heteroatoms. The molecule has 0 saturated carbocycles. The third-order valence-electron chi connectivity index (χ3n) is 5.84. The van der Waals surface area contributed by atoms with Gasteiger partial charge in [0.05, 0.1) is 13.2 Å². The minimum Gasteiger partial charge on any atom is -0.457 e. The Morgan fingerprint density at radius 2 is 1.25 bits per heavy atom. The van der Waals surface area contributed by atoms with Crippen LogP contribution in [0.4, 0.5) is 0 Å². The smallest absolute Gasteiger partial charge is 0.306 e. The number of ether oxygens (including phenoxy) is 2. The van der Waals surface area contributed by atoms with E-state index in [0.717, 1.165) is 19.3 Å². The van der Waals surface area contributed by atoms with Crippen LogP contribution in [0.5, 0.6) is 0 Å². The first kappa shape index (κ1) is 31.1. The molecular formula is C28H54O4. The number of aliphatic hydroxyl groups is 1. The zero-order chi connectivity index (χ0) is 23.5. The maximum Gasteiger partial charge on any atom is 0.306 e. The highest BCUT2D eigenvalue weighted by Gasteiger charge is 2.13. The summed E-state index contributed by atoms with van der Waals surface area (Å²) in [6, 6.07) is 0. The number of aliphatic hydroxyl groups excluding tert-OH is 1. The van der Waals surface area contributed by atoms with Crippen LogP contribution >= 0.6 is 0 Å². The summed E-state index contributed by atoms with van der Waals surface area (Å²) in [5.74, 6) is -0.213. The van der Waals surface area contributed by atoms with Gasteiger partial charge in [-0.2, -0.15) is 0 Å². The Morgan fingerprint density at radius 1 is 0.719 bits per heavy atom. The van der Waals surface area contributed by atoms with Gasteiger partial charge in [0.15, 0.2) is 0 Å². The summed E-state index contributed by atoms with van der Waals surface area (Å²) in [6.07, 6.45) is 26.6. The Kier molecular flexibility index (Phi) is 25.7. The summed E-state index contributed by atoms with van der Waals surface area (Å²) in [7, 11) is 0. The van der Waals surface area contributed by atoms with Crippen molar-refractivity contribution in [2.24, 2.45) is 0 Å². The first-order chi connectivity index (χ1) is 15.7. The summed E-state index contributed by atoms with van der Waals surface area (Å²) in [6.45, 7) is 5.28. The number of hydrogen-bond acceptors (Lipinski definition) is 4. The molecule has 0 radical (unpaired) electrons.